The lowest BCUT2D eigenvalue weighted by Gasteiger charge is -2.35. The maximum absolute atomic E-state index is 9.49. The van der Waals surface area contributed by atoms with Crippen molar-refractivity contribution in [3.05, 3.63) is 0 Å². The van der Waals surface area contributed by atoms with Crippen molar-refractivity contribution in [2.45, 2.75) is 31.6 Å². The van der Waals surface area contributed by atoms with E-state index in [9.17, 15) is 5.11 Å². The second-order valence-corrected chi connectivity index (χ2v) is 3.48. The van der Waals surface area contributed by atoms with Gasteiger partial charge in [-0.1, -0.05) is 0 Å². The fourth-order valence-corrected chi connectivity index (χ4v) is 1.49. The predicted octanol–water partition coefficient (Wildman–Crippen LogP) is 0.0863. The second kappa shape index (κ2) is 3.52. The number of aliphatic hydroxyl groups is 1. The standard InChI is InChI=1S/C8H17NO2/c1-6-4-7(9(2)3)8(10)5-11-6/h6-8,10H,4-5H2,1-3H3/t6-,7+,8?/m1/s1. The minimum Gasteiger partial charge on any atom is -0.389 e. The minimum absolute atomic E-state index is 0.263. The van der Waals surface area contributed by atoms with Gasteiger partial charge >= 0.3 is 0 Å². The summed E-state index contributed by atoms with van der Waals surface area (Å²) in [4.78, 5) is 2.06. The summed E-state index contributed by atoms with van der Waals surface area (Å²) < 4.78 is 5.29. The van der Waals surface area contributed by atoms with Crippen molar-refractivity contribution >= 4 is 0 Å². The van der Waals surface area contributed by atoms with E-state index in [-0.39, 0.29) is 18.2 Å². The van der Waals surface area contributed by atoms with E-state index in [0.29, 0.717) is 6.61 Å². The molecule has 0 aliphatic carbocycles. The molecule has 0 bridgehead atoms. The predicted molar refractivity (Wildman–Crippen MR) is 43.5 cm³/mol. The van der Waals surface area contributed by atoms with E-state index in [4.69, 9.17) is 4.74 Å². The second-order valence-electron chi connectivity index (χ2n) is 3.48. The van der Waals surface area contributed by atoms with Gasteiger partial charge in [0, 0.05) is 6.04 Å². The molecule has 0 aromatic rings. The molecule has 3 atom stereocenters. The molecule has 3 nitrogen and oxygen atoms in total. The van der Waals surface area contributed by atoms with Gasteiger partial charge < -0.3 is 14.7 Å². The Balaban J connectivity index is 2.47. The number of aliphatic hydroxyl groups excluding tert-OH is 1. The monoisotopic (exact) mass is 159 g/mol. The average Bonchev–Trinajstić information content (AvgIpc) is 1.94. The van der Waals surface area contributed by atoms with Crippen molar-refractivity contribution in [2.24, 2.45) is 0 Å². The van der Waals surface area contributed by atoms with Gasteiger partial charge in [-0.15, -0.1) is 0 Å². The third-order valence-corrected chi connectivity index (χ3v) is 2.23. The molecule has 1 aliphatic rings. The van der Waals surface area contributed by atoms with Crippen LogP contribution in [-0.4, -0.2) is 49.0 Å². The minimum atomic E-state index is -0.318. The van der Waals surface area contributed by atoms with Crippen LogP contribution in [0.2, 0.25) is 0 Å². The first-order valence-electron chi connectivity index (χ1n) is 4.07. The van der Waals surface area contributed by atoms with Crippen molar-refractivity contribution in [3.63, 3.8) is 0 Å². The molecule has 1 aliphatic heterocycles. The maximum atomic E-state index is 9.49. The highest BCUT2D eigenvalue weighted by Gasteiger charge is 2.28. The number of ether oxygens (including phenoxy) is 1. The lowest BCUT2D eigenvalue weighted by Crippen LogP contribution is -2.47. The first kappa shape index (κ1) is 8.97. The van der Waals surface area contributed by atoms with Crippen LogP contribution in [0.1, 0.15) is 13.3 Å². The first-order valence-corrected chi connectivity index (χ1v) is 4.07. The van der Waals surface area contributed by atoms with Gasteiger partial charge in [0.15, 0.2) is 0 Å². The van der Waals surface area contributed by atoms with E-state index < -0.39 is 0 Å². The third kappa shape index (κ3) is 2.15. The molecule has 1 saturated heterocycles. The zero-order chi connectivity index (χ0) is 8.43. The molecule has 1 rings (SSSR count). The van der Waals surface area contributed by atoms with Gasteiger partial charge in [0.05, 0.1) is 18.8 Å². The lowest BCUT2D eigenvalue weighted by molar-refractivity contribution is -0.0876. The number of nitrogens with zero attached hydrogens (tertiary/aromatic N) is 1. The van der Waals surface area contributed by atoms with Crippen molar-refractivity contribution < 1.29 is 9.84 Å². The largest absolute Gasteiger partial charge is 0.389 e. The highest BCUT2D eigenvalue weighted by molar-refractivity contribution is 4.81. The van der Waals surface area contributed by atoms with Crippen LogP contribution in [0.5, 0.6) is 0 Å². The van der Waals surface area contributed by atoms with Crippen molar-refractivity contribution in [1.29, 1.82) is 0 Å². The number of hydrogen-bond donors (Lipinski definition) is 1. The van der Waals surface area contributed by atoms with Gasteiger partial charge in [-0.25, -0.2) is 0 Å². The van der Waals surface area contributed by atoms with Gasteiger partial charge in [-0.3, -0.25) is 0 Å². The van der Waals surface area contributed by atoms with Crippen molar-refractivity contribution in [2.75, 3.05) is 20.7 Å². The summed E-state index contributed by atoms with van der Waals surface area (Å²) in [6.07, 6.45) is 0.890. The van der Waals surface area contributed by atoms with Crippen LogP contribution < -0.4 is 0 Å². The van der Waals surface area contributed by atoms with Crippen molar-refractivity contribution in [3.8, 4) is 0 Å². The molecule has 0 spiro atoms. The van der Waals surface area contributed by atoms with Gasteiger partial charge in [0.25, 0.3) is 0 Å². The Kier molecular flexibility index (Phi) is 2.87. The third-order valence-electron chi connectivity index (χ3n) is 2.23. The van der Waals surface area contributed by atoms with Gasteiger partial charge in [-0.05, 0) is 27.4 Å². The summed E-state index contributed by atoms with van der Waals surface area (Å²) in [6.45, 7) is 2.52. The Morgan fingerprint density at radius 2 is 2.09 bits per heavy atom. The van der Waals surface area contributed by atoms with Gasteiger partial charge in [0.1, 0.15) is 0 Å². The molecule has 11 heavy (non-hydrogen) atoms. The van der Waals surface area contributed by atoms with Crippen LogP contribution in [0.4, 0.5) is 0 Å². The summed E-state index contributed by atoms with van der Waals surface area (Å²) in [5.41, 5.74) is 0. The van der Waals surface area contributed by atoms with Crippen LogP contribution in [0.15, 0.2) is 0 Å². The molecule has 66 valence electrons. The Morgan fingerprint density at radius 3 is 2.55 bits per heavy atom. The summed E-state index contributed by atoms with van der Waals surface area (Å²) in [5.74, 6) is 0. The van der Waals surface area contributed by atoms with Crippen LogP contribution in [0.25, 0.3) is 0 Å². The SMILES string of the molecule is C[C@@H]1C[C@H](N(C)C)C(O)CO1. The van der Waals surface area contributed by atoms with Gasteiger partial charge in [-0.2, -0.15) is 0 Å². The molecule has 1 N–H and O–H groups in total. The zero-order valence-corrected chi connectivity index (χ0v) is 7.45. The molecule has 1 fully saturated rings. The number of likely N-dealkylation sites (N-methyl/N-ethyl adjacent to an activating group) is 1. The summed E-state index contributed by atoms with van der Waals surface area (Å²) >= 11 is 0. The average molecular weight is 159 g/mol. The zero-order valence-electron chi connectivity index (χ0n) is 7.45. The van der Waals surface area contributed by atoms with E-state index >= 15 is 0 Å². The number of rotatable bonds is 1. The Morgan fingerprint density at radius 1 is 1.45 bits per heavy atom. The Hall–Kier alpha value is -0.120. The van der Waals surface area contributed by atoms with Crippen molar-refractivity contribution in [1.82, 2.24) is 4.90 Å². The molecule has 0 aromatic heterocycles. The molecule has 3 heteroatoms. The first-order chi connectivity index (χ1) is 5.11. The van der Waals surface area contributed by atoms with E-state index in [1.54, 1.807) is 0 Å². The molecular weight excluding hydrogens is 142 g/mol. The molecule has 0 aromatic carbocycles. The van der Waals surface area contributed by atoms with Crippen LogP contribution >= 0.6 is 0 Å². The summed E-state index contributed by atoms with van der Waals surface area (Å²) in [5, 5.41) is 9.49. The highest BCUT2D eigenvalue weighted by Crippen LogP contribution is 2.17. The number of hydrogen-bond acceptors (Lipinski definition) is 3. The smallest absolute Gasteiger partial charge is 0.0929 e. The van der Waals surface area contributed by atoms with E-state index in [1.165, 1.54) is 0 Å². The van der Waals surface area contributed by atoms with Crippen LogP contribution in [0.3, 0.4) is 0 Å². The Labute approximate surface area is 68.0 Å². The van der Waals surface area contributed by atoms with Gasteiger partial charge in [0.2, 0.25) is 0 Å². The molecule has 1 heterocycles. The molecular formula is C8H17NO2. The fourth-order valence-electron chi connectivity index (χ4n) is 1.49. The lowest BCUT2D eigenvalue weighted by atomic mass is 10.0. The van der Waals surface area contributed by atoms with E-state index in [1.807, 2.05) is 21.0 Å². The normalized spacial score (nSPS) is 39.5. The highest BCUT2D eigenvalue weighted by atomic mass is 16.5. The molecule has 0 amide bonds. The van der Waals surface area contributed by atoms with Crippen LogP contribution in [-0.2, 0) is 4.74 Å². The molecule has 0 radical (unpaired) electrons. The molecule has 1 unspecified atom stereocenters. The summed E-state index contributed by atoms with van der Waals surface area (Å²) in [7, 11) is 3.98. The topological polar surface area (TPSA) is 32.7 Å². The maximum Gasteiger partial charge on any atom is 0.0929 e. The fraction of sp³-hybridized carbons (Fsp3) is 1.00. The van der Waals surface area contributed by atoms with E-state index in [0.717, 1.165) is 6.42 Å². The molecule has 0 saturated carbocycles. The Bertz CT molecular complexity index is 127. The van der Waals surface area contributed by atoms with E-state index in [2.05, 4.69) is 4.90 Å². The van der Waals surface area contributed by atoms with Crippen LogP contribution in [0, 0.1) is 0 Å². The summed E-state index contributed by atoms with van der Waals surface area (Å²) in [6, 6.07) is 0.263. The quantitative estimate of drug-likeness (QED) is 0.588.